The van der Waals surface area contributed by atoms with Crippen LogP contribution in [0.2, 0.25) is 5.02 Å². The second-order valence-corrected chi connectivity index (χ2v) is 6.63. The molecule has 1 aliphatic heterocycles. The summed E-state index contributed by atoms with van der Waals surface area (Å²) in [5.74, 6) is 0.0843. The summed E-state index contributed by atoms with van der Waals surface area (Å²) in [5, 5.41) is 0.774. The number of fused-ring (bicyclic) bond motifs is 1. The maximum Gasteiger partial charge on any atom is 0.254 e. The van der Waals surface area contributed by atoms with Crippen molar-refractivity contribution in [3.63, 3.8) is 0 Å². The summed E-state index contributed by atoms with van der Waals surface area (Å²) in [4.78, 5) is 22.2. The predicted octanol–water partition coefficient (Wildman–Crippen LogP) is 4.06. The molecule has 0 radical (unpaired) electrons. The van der Waals surface area contributed by atoms with Crippen LogP contribution >= 0.6 is 11.6 Å². The van der Waals surface area contributed by atoms with E-state index in [-0.39, 0.29) is 11.9 Å². The summed E-state index contributed by atoms with van der Waals surface area (Å²) in [7, 11) is 0. The molecule has 2 aromatic carbocycles. The van der Waals surface area contributed by atoms with Crippen LogP contribution in [0.4, 0.5) is 0 Å². The number of amides is 1. The van der Waals surface area contributed by atoms with E-state index in [1.165, 1.54) is 0 Å². The van der Waals surface area contributed by atoms with E-state index < -0.39 is 0 Å². The van der Waals surface area contributed by atoms with E-state index in [1.807, 2.05) is 47.4 Å². The lowest BCUT2D eigenvalue weighted by atomic mass is 10.0. The van der Waals surface area contributed by atoms with E-state index >= 15 is 0 Å². The number of carbonyl (C=O) groups excluding carboxylic acids is 1. The van der Waals surface area contributed by atoms with Gasteiger partial charge >= 0.3 is 0 Å². The number of aromatic nitrogens is 2. The van der Waals surface area contributed by atoms with Gasteiger partial charge in [-0.3, -0.25) is 4.79 Å². The minimum absolute atomic E-state index is 0.0843. The number of nitrogens with zero attached hydrogens (tertiary/aromatic N) is 2. The number of halogens is 1. The van der Waals surface area contributed by atoms with Gasteiger partial charge in [-0.15, -0.1) is 0 Å². The molecule has 0 saturated carbocycles. The predicted molar refractivity (Wildman–Crippen MR) is 95.3 cm³/mol. The Morgan fingerprint density at radius 3 is 3.04 bits per heavy atom. The molecule has 1 amide bonds. The van der Waals surface area contributed by atoms with Crippen LogP contribution < -0.4 is 0 Å². The molecule has 0 bridgehead atoms. The Kier molecular flexibility index (Phi) is 3.98. The van der Waals surface area contributed by atoms with Crippen molar-refractivity contribution in [2.75, 3.05) is 6.54 Å². The number of H-pyrrole nitrogens is 1. The van der Waals surface area contributed by atoms with Gasteiger partial charge in [0, 0.05) is 23.2 Å². The van der Waals surface area contributed by atoms with Gasteiger partial charge in [-0.05, 0) is 49.1 Å². The molecule has 4 rings (SSSR count). The van der Waals surface area contributed by atoms with E-state index in [2.05, 4.69) is 9.97 Å². The Hall–Kier alpha value is -2.33. The van der Waals surface area contributed by atoms with Gasteiger partial charge in [0.15, 0.2) is 0 Å². The fraction of sp³-hybridized carbons (Fsp3) is 0.263. The average Bonchev–Trinajstić information content (AvgIpc) is 3.24. The Labute approximate surface area is 145 Å². The maximum absolute atomic E-state index is 13.0. The van der Waals surface area contributed by atoms with Crippen molar-refractivity contribution >= 4 is 28.5 Å². The van der Waals surface area contributed by atoms with Crippen LogP contribution in [-0.4, -0.2) is 33.4 Å². The van der Waals surface area contributed by atoms with E-state index in [0.29, 0.717) is 5.56 Å². The SMILES string of the molecule is O=C(c1ccc2nc[nH]c2c1)N1CCC[C@@H]1Cc1ccccc1Cl. The summed E-state index contributed by atoms with van der Waals surface area (Å²) in [6.45, 7) is 0.801. The van der Waals surface area contributed by atoms with Crippen LogP contribution in [0.3, 0.4) is 0 Å². The van der Waals surface area contributed by atoms with Crippen molar-refractivity contribution in [3.05, 3.63) is 64.9 Å². The van der Waals surface area contributed by atoms with Crippen LogP contribution in [0.15, 0.2) is 48.8 Å². The van der Waals surface area contributed by atoms with E-state index in [4.69, 9.17) is 11.6 Å². The fourth-order valence-corrected chi connectivity index (χ4v) is 3.68. The van der Waals surface area contributed by atoms with Crippen molar-refractivity contribution < 1.29 is 4.79 Å². The van der Waals surface area contributed by atoms with Crippen molar-refractivity contribution in [2.24, 2.45) is 0 Å². The summed E-state index contributed by atoms with van der Waals surface area (Å²) in [6, 6.07) is 13.7. The van der Waals surface area contributed by atoms with Crippen molar-refractivity contribution in [1.82, 2.24) is 14.9 Å². The normalized spacial score (nSPS) is 17.5. The highest BCUT2D eigenvalue weighted by Gasteiger charge is 2.30. The molecule has 0 aliphatic carbocycles. The van der Waals surface area contributed by atoms with Crippen LogP contribution in [-0.2, 0) is 6.42 Å². The Bertz CT molecular complexity index is 889. The monoisotopic (exact) mass is 339 g/mol. The van der Waals surface area contributed by atoms with Crippen molar-refractivity contribution in [3.8, 4) is 0 Å². The first-order chi connectivity index (χ1) is 11.7. The smallest absolute Gasteiger partial charge is 0.254 e. The van der Waals surface area contributed by atoms with E-state index in [1.54, 1.807) is 6.33 Å². The number of likely N-dealkylation sites (tertiary alicyclic amines) is 1. The first kappa shape index (κ1) is 15.2. The highest BCUT2D eigenvalue weighted by molar-refractivity contribution is 6.31. The largest absolute Gasteiger partial charge is 0.345 e. The summed E-state index contributed by atoms with van der Waals surface area (Å²) < 4.78 is 0. The number of benzene rings is 2. The molecule has 0 spiro atoms. The first-order valence-electron chi connectivity index (χ1n) is 8.20. The van der Waals surface area contributed by atoms with Gasteiger partial charge in [-0.1, -0.05) is 29.8 Å². The molecular weight excluding hydrogens is 322 g/mol. The molecule has 122 valence electrons. The molecule has 4 nitrogen and oxygen atoms in total. The van der Waals surface area contributed by atoms with Gasteiger partial charge in [0.2, 0.25) is 0 Å². The van der Waals surface area contributed by atoms with Gasteiger partial charge in [0.1, 0.15) is 0 Å². The third kappa shape index (κ3) is 2.78. The van der Waals surface area contributed by atoms with Gasteiger partial charge < -0.3 is 9.88 Å². The molecule has 1 aliphatic rings. The van der Waals surface area contributed by atoms with Gasteiger partial charge in [-0.2, -0.15) is 0 Å². The number of aromatic amines is 1. The summed E-state index contributed by atoms with van der Waals surface area (Å²) in [5.41, 5.74) is 3.58. The van der Waals surface area contributed by atoms with E-state index in [0.717, 1.165) is 47.4 Å². The van der Waals surface area contributed by atoms with Crippen molar-refractivity contribution in [1.29, 1.82) is 0 Å². The van der Waals surface area contributed by atoms with Crippen LogP contribution in [0, 0.1) is 0 Å². The van der Waals surface area contributed by atoms with Gasteiger partial charge in [0.05, 0.1) is 17.4 Å². The van der Waals surface area contributed by atoms with Gasteiger partial charge in [0.25, 0.3) is 5.91 Å². The first-order valence-corrected chi connectivity index (χ1v) is 8.58. The molecule has 1 saturated heterocycles. The number of imidazole rings is 1. The number of nitrogens with one attached hydrogen (secondary N) is 1. The minimum atomic E-state index is 0.0843. The summed E-state index contributed by atoms with van der Waals surface area (Å²) in [6.07, 6.45) is 4.50. The molecule has 24 heavy (non-hydrogen) atoms. The molecular formula is C19H18ClN3O. The number of hydrogen-bond donors (Lipinski definition) is 1. The number of carbonyl (C=O) groups is 1. The minimum Gasteiger partial charge on any atom is -0.345 e. The lowest BCUT2D eigenvalue weighted by Gasteiger charge is -2.25. The molecule has 3 aromatic rings. The molecule has 1 aromatic heterocycles. The van der Waals surface area contributed by atoms with Crippen LogP contribution in [0.1, 0.15) is 28.8 Å². The third-order valence-electron chi connectivity index (χ3n) is 4.72. The highest BCUT2D eigenvalue weighted by Crippen LogP contribution is 2.26. The summed E-state index contributed by atoms with van der Waals surface area (Å²) >= 11 is 6.29. The number of rotatable bonds is 3. The topological polar surface area (TPSA) is 49.0 Å². The Morgan fingerprint density at radius 1 is 1.29 bits per heavy atom. The lowest BCUT2D eigenvalue weighted by molar-refractivity contribution is 0.0736. The van der Waals surface area contributed by atoms with Crippen LogP contribution in [0.25, 0.3) is 11.0 Å². The Morgan fingerprint density at radius 2 is 2.17 bits per heavy atom. The third-order valence-corrected chi connectivity index (χ3v) is 5.09. The molecule has 0 unspecified atom stereocenters. The lowest BCUT2D eigenvalue weighted by Crippen LogP contribution is -2.36. The molecule has 1 fully saturated rings. The average molecular weight is 340 g/mol. The molecule has 2 heterocycles. The zero-order valence-electron chi connectivity index (χ0n) is 13.2. The second kappa shape index (κ2) is 6.29. The standard InChI is InChI=1S/C19H18ClN3O/c20-16-6-2-1-4-13(16)10-15-5-3-9-23(15)19(24)14-7-8-17-18(11-14)22-12-21-17/h1-2,4,6-8,11-12,15H,3,5,9-10H2,(H,21,22)/t15-/m1/s1. The van der Waals surface area contributed by atoms with Crippen molar-refractivity contribution in [2.45, 2.75) is 25.3 Å². The molecule has 1 atom stereocenters. The fourth-order valence-electron chi connectivity index (χ4n) is 3.47. The maximum atomic E-state index is 13.0. The highest BCUT2D eigenvalue weighted by atomic mass is 35.5. The van der Waals surface area contributed by atoms with E-state index in [9.17, 15) is 4.79 Å². The zero-order chi connectivity index (χ0) is 16.5. The zero-order valence-corrected chi connectivity index (χ0v) is 14.0. The molecule has 1 N–H and O–H groups in total. The Balaban J connectivity index is 1.57. The van der Waals surface area contributed by atoms with Gasteiger partial charge in [-0.25, -0.2) is 4.98 Å². The molecule has 5 heteroatoms. The van der Waals surface area contributed by atoms with Crippen LogP contribution in [0.5, 0.6) is 0 Å². The second-order valence-electron chi connectivity index (χ2n) is 6.22. The quantitative estimate of drug-likeness (QED) is 0.782. The number of hydrogen-bond acceptors (Lipinski definition) is 2.